The summed E-state index contributed by atoms with van der Waals surface area (Å²) in [7, 11) is 0. The van der Waals surface area contributed by atoms with E-state index >= 15 is 0 Å². The summed E-state index contributed by atoms with van der Waals surface area (Å²) >= 11 is 4.60. The SMILES string of the molecule is CCOC(=O)C1=C(C)N=c2sc(=Cc3ccc(OC(=O)c4cccc(Br)c4)cc3)c(=O)n2C1c1ccccc1. The minimum Gasteiger partial charge on any atom is -0.463 e. The first-order valence-electron chi connectivity index (χ1n) is 12.2. The Morgan fingerprint density at radius 2 is 1.77 bits per heavy atom. The minimum absolute atomic E-state index is 0.218. The van der Waals surface area contributed by atoms with Gasteiger partial charge in [-0.1, -0.05) is 75.8 Å². The van der Waals surface area contributed by atoms with Gasteiger partial charge in [0.2, 0.25) is 0 Å². The molecule has 1 unspecified atom stereocenters. The van der Waals surface area contributed by atoms with E-state index in [4.69, 9.17) is 9.47 Å². The van der Waals surface area contributed by atoms with Crippen LogP contribution in [0.15, 0.2) is 104 Å². The van der Waals surface area contributed by atoms with Gasteiger partial charge in [-0.15, -0.1) is 0 Å². The Hall–Kier alpha value is -4.08. The summed E-state index contributed by atoms with van der Waals surface area (Å²) in [5.74, 6) is -0.571. The van der Waals surface area contributed by atoms with Crippen molar-refractivity contribution in [1.82, 2.24) is 4.57 Å². The lowest BCUT2D eigenvalue weighted by Crippen LogP contribution is -2.39. The highest BCUT2D eigenvalue weighted by atomic mass is 79.9. The largest absolute Gasteiger partial charge is 0.463 e. The molecule has 0 bridgehead atoms. The molecular weight excluding hydrogens is 580 g/mol. The second-order valence-electron chi connectivity index (χ2n) is 8.68. The minimum atomic E-state index is -0.650. The second kappa shape index (κ2) is 11.3. The molecule has 5 rings (SSSR count). The van der Waals surface area contributed by atoms with Gasteiger partial charge >= 0.3 is 11.9 Å². The molecule has 0 spiro atoms. The molecule has 9 heteroatoms. The van der Waals surface area contributed by atoms with Crippen LogP contribution in [-0.4, -0.2) is 23.1 Å². The normalized spacial score (nSPS) is 14.9. The number of hydrogen-bond donors (Lipinski definition) is 0. The average Bonchev–Trinajstić information content (AvgIpc) is 3.23. The van der Waals surface area contributed by atoms with Crippen LogP contribution in [0.5, 0.6) is 5.75 Å². The van der Waals surface area contributed by atoms with Crippen LogP contribution >= 0.6 is 27.3 Å². The van der Waals surface area contributed by atoms with Crippen LogP contribution in [-0.2, 0) is 9.53 Å². The van der Waals surface area contributed by atoms with Crippen molar-refractivity contribution in [2.24, 2.45) is 4.99 Å². The lowest BCUT2D eigenvalue weighted by molar-refractivity contribution is -0.139. The number of hydrogen-bond acceptors (Lipinski definition) is 7. The Labute approximate surface area is 236 Å². The van der Waals surface area contributed by atoms with E-state index in [1.165, 1.54) is 11.3 Å². The summed E-state index contributed by atoms with van der Waals surface area (Å²) in [5, 5.41) is 0. The molecule has 0 amide bonds. The van der Waals surface area contributed by atoms with Crippen molar-refractivity contribution < 1.29 is 19.1 Å². The standard InChI is InChI=1S/C30H23BrN2O5S/c1-3-37-29(36)25-18(2)32-30-33(26(25)20-8-5-4-6-9-20)27(34)24(39-30)16-19-12-14-23(15-13-19)38-28(35)21-10-7-11-22(31)17-21/h4-17,26H,3H2,1-2H3. The van der Waals surface area contributed by atoms with E-state index in [1.807, 2.05) is 36.4 Å². The number of aromatic nitrogens is 1. The molecule has 0 fully saturated rings. The lowest BCUT2D eigenvalue weighted by Gasteiger charge is -2.24. The topological polar surface area (TPSA) is 87.0 Å². The van der Waals surface area contributed by atoms with Crippen molar-refractivity contribution in [2.75, 3.05) is 6.61 Å². The highest BCUT2D eigenvalue weighted by molar-refractivity contribution is 9.10. The number of rotatable bonds is 6. The van der Waals surface area contributed by atoms with Crippen molar-refractivity contribution in [3.63, 3.8) is 0 Å². The van der Waals surface area contributed by atoms with Crippen LogP contribution in [0.3, 0.4) is 0 Å². The summed E-state index contributed by atoms with van der Waals surface area (Å²) in [6, 6.07) is 22.6. The maximum Gasteiger partial charge on any atom is 0.343 e. The number of allylic oxidation sites excluding steroid dienone is 1. The summed E-state index contributed by atoms with van der Waals surface area (Å²) in [6.45, 7) is 3.72. The number of benzene rings is 3. The van der Waals surface area contributed by atoms with Gasteiger partial charge in [0.05, 0.1) is 34.0 Å². The Bertz CT molecular complexity index is 1770. The van der Waals surface area contributed by atoms with Gasteiger partial charge in [-0.2, -0.15) is 0 Å². The highest BCUT2D eigenvalue weighted by Crippen LogP contribution is 2.30. The molecule has 1 aliphatic rings. The van der Waals surface area contributed by atoms with Gasteiger partial charge in [0.25, 0.3) is 5.56 Å². The number of carbonyl (C=O) groups is 2. The molecule has 4 aromatic rings. The summed E-state index contributed by atoms with van der Waals surface area (Å²) in [4.78, 5) is 44.1. The average molecular weight is 603 g/mol. The molecule has 1 atom stereocenters. The van der Waals surface area contributed by atoms with Gasteiger partial charge in [-0.3, -0.25) is 9.36 Å². The van der Waals surface area contributed by atoms with E-state index in [9.17, 15) is 14.4 Å². The fourth-order valence-corrected chi connectivity index (χ4v) is 5.75. The fraction of sp³-hybridized carbons (Fsp3) is 0.133. The molecule has 196 valence electrons. The second-order valence-corrected chi connectivity index (χ2v) is 10.6. The maximum atomic E-state index is 13.7. The number of fused-ring (bicyclic) bond motifs is 1. The number of halogens is 1. The summed E-state index contributed by atoms with van der Waals surface area (Å²) < 4.78 is 13.6. The van der Waals surface area contributed by atoms with E-state index < -0.39 is 18.0 Å². The van der Waals surface area contributed by atoms with Gasteiger partial charge in [0, 0.05) is 4.47 Å². The first-order valence-corrected chi connectivity index (χ1v) is 13.8. The van der Waals surface area contributed by atoms with E-state index in [-0.39, 0.29) is 12.2 Å². The van der Waals surface area contributed by atoms with Gasteiger partial charge in [-0.25, -0.2) is 14.6 Å². The number of thiazole rings is 1. The molecule has 7 nitrogen and oxygen atoms in total. The summed E-state index contributed by atoms with van der Waals surface area (Å²) in [6.07, 6.45) is 1.76. The third-order valence-corrected chi connectivity index (χ3v) is 7.56. The van der Waals surface area contributed by atoms with Crippen LogP contribution in [0.1, 0.15) is 41.4 Å². The molecule has 0 saturated heterocycles. The van der Waals surface area contributed by atoms with Gasteiger partial charge in [0.1, 0.15) is 5.75 Å². The van der Waals surface area contributed by atoms with Crippen molar-refractivity contribution in [3.05, 3.63) is 131 Å². The van der Waals surface area contributed by atoms with Crippen LogP contribution in [0.25, 0.3) is 6.08 Å². The molecule has 0 aliphatic carbocycles. The van der Waals surface area contributed by atoms with E-state index in [0.717, 1.165) is 15.6 Å². The molecule has 39 heavy (non-hydrogen) atoms. The molecule has 2 heterocycles. The predicted molar refractivity (Wildman–Crippen MR) is 152 cm³/mol. The van der Waals surface area contributed by atoms with Crippen LogP contribution < -0.4 is 19.6 Å². The molecule has 1 aliphatic heterocycles. The van der Waals surface area contributed by atoms with Crippen molar-refractivity contribution >= 4 is 45.3 Å². The molecule has 1 aromatic heterocycles. The van der Waals surface area contributed by atoms with E-state index in [1.54, 1.807) is 67.0 Å². The van der Waals surface area contributed by atoms with Gasteiger partial charge in [-0.05, 0) is 61.4 Å². The summed E-state index contributed by atoms with van der Waals surface area (Å²) in [5.41, 5.74) is 2.58. The molecule has 0 saturated carbocycles. The van der Waals surface area contributed by atoms with E-state index in [2.05, 4.69) is 20.9 Å². The Morgan fingerprint density at radius 1 is 1.03 bits per heavy atom. The Balaban J connectivity index is 1.49. The Morgan fingerprint density at radius 3 is 2.46 bits per heavy atom. The first-order chi connectivity index (χ1) is 18.9. The van der Waals surface area contributed by atoms with Crippen molar-refractivity contribution in [2.45, 2.75) is 19.9 Å². The maximum absolute atomic E-state index is 13.7. The molecule has 0 radical (unpaired) electrons. The fourth-order valence-electron chi connectivity index (χ4n) is 4.31. The van der Waals surface area contributed by atoms with Crippen LogP contribution in [0, 0.1) is 0 Å². The van der Waals surface area contributed by atoms with Gasteiger partial charge in [0.15, 0.2) is 4.80 Å². The first kappa shape index (κ1) is 26.5. The van der Waals surface area contributed by atoms with Crippen molar-refractivity contribution in [3.8, 4) is 5.75 Å². The molecule has 0 N–H and O–H groups in total. The lowest BCUT2D eigenvalue weighted by atomic mass is 9.96. The number of nitrogens with zero attached hydrogens (tertiary/aromatic N) is 2. The van der Waals surface area contributed by atoms with Crippen molar-refractivity contribution in [1.29, 1.82) is 0 Å². The number of carbonyl (C=O) groups excluding carboxylic acids is 2. The zero-order valence-corrected chi connectivity index (χ0v) is 23.5. The van der Waals surface area contributed by atoms with Gasteiger partial charge < -0.3 is 9.47 Å². The zero-order valence-electron chi connectivity index (χ0n) is 21.1. The van der Waals surface area contributed by atoms with Crippen LogP contribution in [0.4, 0.5) is 0 Å². The zero-order chi connectivity index (χ0) is 27.5. The monoisotopic (exact) mass is 602 g/mol. The third-order valence-electron chi connectivity index (χ3n) is 6.08. The Kier molecular flexibility index (Phi) is 7.72. The highest BCUT2D eigenvalue weighted by Gasteiger charge is 2.33. The number of esters is 2. The third kappa shape index (κ3) is 5.55. The number of ether oxygens (including phenoxy) is 2. The van der Waals surface area contributed by atoms with E-state index in [0.29, 0.717) is 31.9 Å². The van der Waals surface area contributed by atoms with Crippen LogP contribution in [0.2, 0.25) is 0 Å². The molecular formula is C30H23BrN2O5S. The molecule has 3 aromatic carbocycles. The predicted octanol–water partition coefficient (Wildman–Crippen LogP) is 4.78. The quantitative estimate of drug-likeness (QED) is 0.234. The smallest absolute Gasteiger partial charge is 0.343 e.